The normalized spacial score (nSPS) is 11.8. The van der Waals surface area contributed by atoms with Crippen molar-refractivity contribution in [3.05, 3.63) is 212 Å². The molecule has 0 fully saturated rings. The average molecular weight is 742 g/mol. The fourth-order valence-corrected chi connectivity index (χ4v) is 9.18. The van der Waals surface area contributed by atoms with Crippen molar-refractivity contribution in [1.82, 2.24) is 18.7 Å². The lowest BCUT2D eigenvalue weighted by molar-refractivity contribution is 1.08. The topological polar surface area (TPSA) is 30.9 Å². The molecule has 0 saturated carbocycles. The minimum Gasteiger partial charge on any atom is -0.310 e. The van der Waals surface area contributed by atoms with Gasteiger partial charge in [0.25, 0.3) is 0 Å². The molecule has 0 aliphatic carbocycles. The molecule has 0 aliphatic heterocycles. The first kappa shape index (κ1) is 32.4. The van der Waals surface area contributed by atoms with Gasteiger partial charge in [-0.15, -0.1) is 0 Å². The van der Waals surface area contributed by atoms with Crippen LogP contribution in [-0.4, -0.2) is 18.7 Å². The first-order valence-corrected chi connectivity index (χ1v) is 19.7. The van der Waals surface area contributed by atoms with E-state index >= 15 is 0 Å². The first-order valence-electron chi connectivity index (χ1n) is 19.7. The van der Waals surface area contributed by atoms with Crippen LogP contribution >= 0.6 is 0 Å². The molecule has 0 radical (unpaired) electrons. The van der Waals surface area contributed by atoms with Gasteiger partial charge in [-0.3, -0.25) is 4.57 Å². The second kappa shape index (κ2) is 12.8. The molecule has 0 saturated heterocycles. The molecule has 272 valence electrons. The van der Waals surface area contributed by atoms with Crippen LogP contribution in [0.4, 0.5) is 17.1 Å². The Morgan fingerprint density at radius 3 is 1.43 bits per heavy atom. The highest BCUT2D eigenvalue weighted by molar-refractivity contribution is 6.20. The molecule has 5 heteroatoms. The van der Waals surface area contributed by atoms with Gasteiger partial charge in [0, 0.05) is 67.0 Å². The Kier molecular flexibility index (Phi) is 7.16. The monoisotopic (exact) mass is 741 g/mol. The Morgan fingerprint density at radius 2 is 0.776 bits per heavy atom. The Morgan fingerprint density at radius 1 is 0.293 bits per heavy atom. The number of para-hydroxylation sites is 5. The van der Waals surface area contributed by atoms with Gasteiger partial charge in [0.1, 0.15) is 5.82 Å². The summed E-state index contributed by atoms with van der Waals surface area (Å²) < 4.78 is 7.15. The zero-order valence-corrected chi connectivity index (χ0v) is 31.4. The molecule has 0 bridgehead atoms. The Hall–Kier alpha value is -7.89. The smallest absolute Gasteiger partial charge is 0.137 e. The van der Waals surface area contributed by atoms with Gasteiger partial charge in [0.05, 0.1) is 33.1 Å². The second-order valence-electron chi connectivity index (χ2n) is 14.9. The van der Waals surface area contributed by atoms with E-state index in [1.165, 1.54) is 54.4 Å². The third-order valence-corrected chi connectivity index (χ3v) is 11.6. The maximum absolute atomic E-state index is 4.76. The van der Waals surface area contributed by atoms with Crippen LogP contribution in [-0.2, 0) is 0 Å². The summed E-state index contributed by atoms with van der Waals surface area (Å²) in [5, 5.41) is 7.23. The number of benzene rings is 8. The van der Waals surface area contributed by atoms with E-state index < -0.39 is 0 Å². The number of rotatable bonds is 6. The third-order valence-electron chi connectivity index (χ3n) is 11.6. The molecule has 12 aromatic rings. The summed E-state index contributed by atoms with van der Waals surface area (Å²) in [6.45, 7) is 0. The summed E-state index contributed by atoms with van der Waals surface area (Å²) in [6, 6.07) is 74.2. The van der Waals surface area contributed by atoms with E-state index in [4.69, 9.17) is 4.98 Å². The zero-order valence-electron chi connectivity index (χ0n) is 31.4. The molecular formula is C53H35N5. The van der Waals surface area contributed by atoms with Crippen molar-refractivity contribution in [3.63, 3.8) is 0 Å². The van der Waals surface area contributed by atoms with Crippen molar-refractivity contribution in [1.29, 1.82) is 0 Å². The van der Waals surface area contributed by atoms with Crippen LogP contribution in [0.15, 0.2) is 212 Å². The summed E-state index contributed by atoms with van der Waals surface area (Å²) in [5.74, 6) is 0.910. The number of aromatic nitrogens is 4. The SMILES string of the molecule is c1ccc(N(c2ccccc2)c2ccc3c(c2)c2cc4c(cc2n3-c2ccccc2)c2ccccc2n4-c2ccc3c(c2)c2ccccc2n3-c2ccccn2)cc1. The molecule has 0 aliphatic rings. The zero-order chi connectivity index (χ0) is 38.2. The van der Waals surface area contributed by atoms with Crippen LogP contribution in [0.2, 0.25) is 0 Å². The Balaban J connectivity index is 1.15. The van der Waals surface area contributed by atoms with Gasteiger partial charge >= 0.3 is 0 Å². The fraction of sp³-hybridized carbons (Fsp3) is 0. The molecule has 0 N–H and O–H groups in total. The van der Waals surface area contributed by atoms with Crippen LogP contribution in [0.3, 0.4) is 0 Å². The van der Waals surface area contributed by atoms with Crippen molar-refractivity contribution in [2.75, 3.05) is 4.90 Å². The van der Waals surface area contributed by atoms with Crippen LogP contribution in [0.1, 0.15) is 0 Å². The minimum absolute atomic E-state index is 0.910. The molecule has 0 amide bonds. The van der Waals surface area contributed by atoms with Gasteiger partial charge in [-0.05, 0) is 109 Å². The maximum Gasteiger partial charge on any atom is 0.137 e. The van der Waals surface area contributed by atoms with Gasteiger partial charge in [0.15, 0.2) is 0 Å². The maximum atomic E-state index is 4.76. The Labute approximate surface area is 334 Å². The van der Waals surface area contributed by atoms with E-state index in [1.807, 2.05) is 12.3 Å². The number of hydrogen-bond donors (Lipinski definition) is 0. The predicted octanol–water partition coefficient (Wildman–Crippen LogP) is 13.8. The molecule has 4 heterocycles. The van der Waals surface area contributed by atoms with E-state index in [9.17, 15) is 0 Å². The molecular weight excluding hydrogens is 707 g/mol. The molecule has 0 unspecified atom stereocenters. The lowest BCUT2D eigenvalue weighted by Crippen LogP contribution is -2.09. The summed E-state index contributed by atoms with van der Waals surface area (Å²) in [6.07, 6.45) is 1.86. The molecule has 58 heavy (non-hydrogen) atoms. The largest absolute Gasteiger partial charge is 0.310 e. The highest BCUT2D eigenvalue weighted by atomic mass is 15.1. The number of pyridine rings is 1. The summed E-state index contributed by atoms with van der Waals surface area (Å²) in [7, 11) is 0. The number of hydrogen-bond acceptors (Lipinski definition) is 2. The molecule has 8 aromatic carbocycles. The van der Waals surface area contributed by atoms with Crippen molar-refractivity contribution in [3.8, 4) is 17.2 Å². The second-order valence-corrected chi connectivity index (χ2v) is 14.9. The van der Waals surface area contributed by atoms with Gasteiger partial charge in [0.2, 0.25) is 0 Å². The van der Waals surface area contributed by atoms with Crippen LogP contribution in [0.25, 0.3) is 82.6 Å². The van der Waals surface area contributed by atoms with Crippen LogP contribution in [0.5, 0.6) is 0 Å². The van der Waals surface area contributed by atoms with E-state index in [1.54, 1.807) is 0 Å². The van der Waals surface area contributed by atoms with E-state index in [2.05, 4.69) is 219 Å². The van der Waals surface area contributed by atoms with Gasteiger partial charge in [-0.2, -0.15) is 0 Å². The van der Waals surface area contributed by atoms with Crippen molar-refractivity contribution in [2.45, 2.75) is 0 Å². The lowest BCUT2D eigenvalue weighted by atomic mass is 10.1. The summed E-state index contributed by atoms with van der Waals surface area (Å²) in [4.78, 5) is 7.10. The molecule has 0 atom stereocenters. The third kappa shape index (κ3) is 4.87. The summed E-state index contributed by atoms with van der Waals surface area (Å²) >= 11 is 0. The van der Waals surface area contributed by atoms with E-state index in [0.717, 1.165) is 45.3 Å². The molecule has 12 rings (SSSR count). The van der Waals surface area contributed by atoms with E-state index in [-0.39, 0.29) is 0 Å². The predicted molar refractivity (Wildman–Crippen MR) is 242 cm³/mol. The van der Waals surface area contributed by atoms with E-state index in [0.29, 0.717) is 0 Å². The first-order chi connectivity index (χ1) is 28.8. The highest BCUT2D eigenvalue weighted by Gasteiger charge is 2.21. The van der Waals surface area contributed by atoms with Gasteiger partial charge in [-0.25, -0.2) is 4.98 Å². The molecule has 4 aromatic heterocycles. The number of fused-ring (bicyclic) bond motifs is 9. The Bertz CT molecular complexity index is 3450. The van der Waals surface area contributed by atoms with Crippen molar-refractivity contribution < 1.29 is 0 Å². The lowest BCUT2D eigenvalue weighted by Gasteiger charge is -2.25. The number of nitrogens with zero attached hydrogens (tertiary/aromatic N) is 5. The highest BCUT2D eigenvalue weighted by Crippen LogP contribution is 2.43. The van der Waals surface area contributed by atoms with Gasteiger partial charge < -0.3 is 14.0 Å². The van der Waals surface area contributed by atoms with Crippen LogP contribution in [0, 0.1) is 0 Å². The quantitative estimate of drug-likeness (QED) is 0.170. The summed E-state index contributed by atoms with van der Waals surface area (Å²) in [5.41, 5.74) is 12.5. The van der Waals surface area contributed by atoms with Crippen LogP contribution < -0.4 is 4.90 Å². The molecule has 0 spiro atoms. The molecule has 5 nitrogen and oxygen atoms in total. The standard InChI is InChI=1S/C53H35N5/c1-4-16-36(17-5-1)55(37-18-6-2-7-19-37)39-27-29-49-44(32-39)46-35-51-45(34-52(46)56(49)38-20-8-3-9-21-38)42-23-10-12-24-47(42)57(51)40-28-30-50-43(33-40)41-22-11-13-25-48(41)58(50)53-26-14-15-31-54-53/h1-35H. The minimum atomic E-state index is 0.910. The average Bonchev–Trinajstić information content (AvgIpc) is 3.92. The van der Waals surface area contributed by atoms with Gasteiger partial charge in [-0.1, -0.05) is 97.1 Å². The van der Waals surface area contributed by atoms with Crippen molar-refractivity contribution >= 4 is 82.5 Å². The fourth-order valence-electron chi connectivity index (χ4n) is 9.18. The number of anilines is 3. The van der Waals surface area contributed by atoms with Crippen molar-refractivity contribution in [2.24, 2.45) is 0 Å².